The zero-order chi connectivity index (χ0) is 51.1. The smallest absolute Gasteiger partial charge is 0.159 e. The van der Waals surface area contributed by atoms with Gasteiger partial charge in [-0.2, -0.15) is 0 Å². The molecular weight excluding hydrogens is 945 g/mol. The maximum atomic E-state index is 6.78. The standard InChI is InChI=1S/C69H58N2O2Si2/c1-43-27-32-46(33-28-43)70(60-23-15-21-56-52-18-11-13-25-62(52)72-67(56)60)48-36-39-50-45(41-48)31-38-58-64-54-20-10-9-17-51(54)59-42-49(37-40-55(59)66(64)69(65(50)58,74(3,4)5)75(6,7)8)71(47-34-29-44(2)30-35-47)61-24-16-22-57-53-19-12-14-26-63(53)73-68(57)61/h9-42H,1-8H3. The van der Waals surface area contributed by atoms with Crippen LogP contribution in [0.2, 0.25) is 39.3 Å². The van der Waals surface area contributed by atoms with Gasteiger partial charge in [-0.3, -0.25) is 0 Å². The maximum absolute atomic E-state index is 6.78. The van der Waals surface area contributed by atoms with Gasteiger partial charge in [0.2, 0.25) is 0 Å². The highest BCUT2D eigenvalue weighted by Gasteiger charge is 2.60. The van der Waals surface area contributed by atoms with Crippen LogP contribution in [-0.4, -0.2) is 16.1 Å². The summed E-state index contributed by atoms with van der Waals surface area (Å²) < 4.78 is 13.4. The van der Waals surface area contributed by atoms with Crippen LogP contribution in [-0.2, 0) is 4.66 Å². The number of nitrogens with zero attached hydrogens (tertiary/aromatic N) is 2. The molecule has 0 fully saturated rings. The van der Waals surface area contributed by atoms with Crippen LogP contribution < -0.4 is 9.80 Å². The van der Waals surface area contributed by atoms with Gasteiger partial charge >= 0.3 is 0 Å². The summed E-state index contributed by atoms with van der Waals surface area (Å²) in [6.07, 6.45) is 0. The van der Waals surface area contributed by atoms with E-state index in [9.17, 15) is 0 Å². The van der Waals surface area contributed by atoms with E-state index in [4.69, 9.17) is 8.83 Å². The molecule has 0 aliphatic heterocycles. The Morgan fingerprint density at radius 1 is 0.347 bits per heavy atom. The summed E-state index contributed by atoms with van der Waals surface area (Å²) in [6.45, 7) is 20.2. The first-order valence-corrected chi connectivity index (χ1v) is 33.4. The summed E-state index contributed by atoms with van der Waals surface area (Å²) in [5.41, 5.74) is 18.3. The molecule has 2 heterocycles. The van der Waals surface area contributed by atoms with E-state index in [1.807, 2.05) is 0 Å². The molecule has 0 saturated carbocycles. The molecule has 4 nitrogen and oxygen atoms in total. The van der Waals surface area contributed by atoms with Gasteiger partial charge < -0.3 is 18.6 Å². The van der Waals surface area contributed by atoms with Crippen LogP contribution in [0, 0.1) is 13.8 Å². The number of anilines is 6. The number of aryl methyl sites for hydroxylation is 2. The summed E-state index contributed by atoms with van der Waals surface area (Å²) in [5.74, 6) is 0. The molecule has 0 spiro atoms. The molecule has 0 unspecified atom stereocenters. The van der Waals surface area contributed by atoms with E-state index >= 15 is 0 Å². The Morgan fingerprint density at radius 3 is 1.33 bits per heavy atom. The molecule has 1 aliphatic rings. The van der Waals surface area contributed by atoms with Crippen molar-refractivity contribution in [1.29, 1.82) is 0 Å². The van der Waals surface area contributed by atoms with Gasteiger partial charge in [-0.15, -0.1) is 0 Å². The molecular formula is C69H58N2O2Si2. The van der Waals surface area contributed by atoms with Gasteiger partial charge in [0.05, 0.1) is 27.5 Å². The molecule has 0 bridgehead atoms. The van der Waals surface area contributed by atoms with E-state index < -0.39 is 16.1 Å². The average Bonchev–Trinajstić information content (AvgIpc) is 4.30. The van der Waals surface area contributed by atoms with Crippen LogP contribution >= 0.6 is 0 Å². The first kappa shape index (κ1) is 45.4. The Bertz CT molecular complexity index is 4460. The third-order valence-electron chi connectivity index (χ3n) is 16.6. The highest BCUT2D eigenvalue weighted by molar-refractivity contribution is 7.00. The van der Waals surface area contributed by atoms with Crippen molar-refractivity contribution in [1.82, 2.24) is 0 Å². The molecule has 0 amide bonds. The first-order valence-electron chi connectivity index (χ1n) is 26.4. The lowest BCUT2D eigenvalue weighted by Gasteiger charge is -2.52. The number of para-hydroxylation sites is 4. The second-order valence-corrected chi connectivity index (χ2v) is 34.0. The van der Waals surface area contributed by atoms with Gasteiger partial charge in [-0.1, -0.05) is 184 Å². The lowest BCUT2D eigenvalue weighted by Crippen LogP contribution is -2.63. The number of furan rings is 2. The predicted octanol–water partition coefficient (Wildman–Crippen LogP) is 20.5. The van der Waals surface area contributed by atoms with Gasteiger partial charge in [0.25, 0.3) is 0 Å². The van der Waals surface area contributed by atoms with E-state index in [1.165, 1.54) is 65.7 Å². The fourth-order valence-electron chi connectivity index (χ4n) is 13.9. The quantitative estimate of drug-likeness (QED) is 0.112. The van der Waals surface area contributed by atoms with Gasteiger partial charge in [0, 0.05) is 49.0 Å². The summed E-state index contributed by atoms with van der Waals surface area (Å²) in [7, 11) is -4.41. The van der Waals surface area contributed by atoms with Crippen molar-refractivity contribution < 1.29 is 8.83 Å². The largest absolute Gasteiger partial charge is 0.454 e. The minimum absolute atomic E-state index is 0.164. The van der Waals surface area contributed by atoms with Crippen LogP contribution in [0.4, 0.5) is 34.1 Å². The highest BCUT2D eigenvalue weighted by atomic mass is 28.4. The SMILES string of the molecule is Cc1ccc(N(c2ccc3c4c(ccc3c2)-c2c(c3ccc(N(c5ccc(C)cc5)c5cccc6c5oc5ccccc56)cc3c3ccccc23)C4([Si](C)(C)C)[Si](C)(C)C)c2cccc3c2oc2ccccc23)cc1. The minimum atomic E-state index is -2.20. The number of benzene rings is 11. The summed E-state index contributed by atoms with van der Waals surface area (Å²) in [6, 6.07) is 76.4. The summed E-state index contributed by atoms with van der Waals surface area (Å²) in [4.78, 5) is 4.80. The Balaban J connectivity index is 1.02. The number of fused-ring (bicyclic) bond motifs is 16. The molecule has 2 aromatic heterocycles. The Hall–Kier alpha value is -8.17. The molecule has 0 N–H and O–H groups in total. The van der Waals surface area contributed by atoms with Crippen LogP contribution in [0.5, 0.6) is 0 Å². The second kappa shape index (κ2) is 16.4. The van der Waals surface area contributed by atoms with E-state index in [0.29, 0.717) is 0 Å². The molecule has 364 valence electrons. The number of hydrogen-bond donors (Lipinski definition) is 0. The molecule has 0 saturated heterocycles. The molecule has 14 rings (SSSR count). The zero-order valence-electron chi connectivity index (χ0n) is 43.8. The molecule has 6 heteroatoms. The molecule has 11 aromatic carbocycles. The van der Waals surface area contributed by atoms with Crippen molar-refractivity contribution in [3.05, 3.63) is 229 Å². The predicted molar refractivity (Wildman–Crippen MR) is 325 cm³/mol. The normalized spacial score (nSPS) is 13.4. The fourth-order valence-corrected chi connectivity index (χ4v) is 26.9. The summed E-state index contributed by atoms with van der Waals surface area (Å²) in [5, 5.41) is 12.3. The molecule has 1 aliphatic carbocycles. The van der Waals surface area contributed by atoms with Crippen molar-refractivity contribution in [3.63, 3.8) is 0 Å². The van der Waals surface area contributed by atoms with Crippen LogP contribution in [0.25, 0.3) is 87.3 Å². The van der Waals surface area contributed by atoms with Gasteiger partial charge in [-0.05, 0) is 141 Å². The van der Waals surface area contributed by atoms with Crippen LogP contribution in [0.3, 0.4) is 0 Å². The maximum Gasteiger partial charge on any atom is 0.159 e. The first-order chi connectivity index (χ1) is 36.3. The van der Waals surface area contributed by atoms with E-state index in [-0.39, 0.29) is 4.66 Å². The van der Waals surface area contributed by atoms with E-state index in [1.54, 1.807) is 0 Å². The zero-order valence-corrected chi connectivity index (χ0v) is 45.8. The molecule has 0 radical (unpaired) electrons. The topological polar surface area (TPSA) is 32.8 Å². The van der Waals surface area contributed by atoms with Gasteiger partial charge in [0.15, 0.2) is 11.2 Å². The third-order valence-corrected chi connectivity index (χ3v) is 26.6. The molecule has 75 heavy (non-hydrogen) atoms. The molecule has 13 aromatic rings. The summed E-state index contributed by atoms with van der Waals surface area (Å²) >= 11 is 0. The van der Waals surface area contributed by atoms with Crippen molar-refractivity contribution in [2.45, 2.75) is 57.8 Å². The lowest BCUT2D eigenvalue weighted by atomic mass is 9.91. The Morgan fingerprint density at radius 2 is 0.800 bits per heavy atom. The van der Waals surface area contributed by atoms with E-state index in [0.717, 1.165) is 78.0 Å². The molecule has 0 atom stereocenters. The van der Waals surface area contributed by atoms with Crippen molar-refractivity contribution in [2.24, 2.45) is 0 Å². The fraction of sp³-hybridized carbons (Fsp3) is 0.130. The second-order valence-electron chi connectivity index (χ2n) is 23.0. The van der Waals surface area contributed by atoms with Crippen LogP contribution in [0.1, 0.15) is 22.3 Å². The van der Waals surface area contributed by atoms with Gasteiger partial charge in [-0.25, -0.2) is 0 Å². The van der Waals surface area contributed by atoms with Crippen molar-refractivity contribution in [2.75, 3.05) is 9.80 Å². The number of hydrogen-bond acceptors (Lipinski definition) is 4. The Kier molecular flexibility index (Phi) is 9.95. The highest BCUT2D eigenvalue weighted by Crippen LogP contribution is 2.63. The lowest BCUT2D eigenvalue weighted by molar-refractivity contribution is 0.668. The van der Waals surface area contributed by atoms with Crippen molar-refractivity contribution >= 4 is 126 Å². The van der Waals surface area contributed by atoms with E-state index in [2.05, 4.69) is 269 Å². The average molecular weight is 1000 g/mol. The van der Waals surface area contributed by atoms with Gasteiger partial charge in [0.1, 0.15) is 11.2 Å². The minimum Gasteiger partial charge on any atom is -0.454 e. The van der Waals surface area contributed by atoms with Crippen LogP contribution in [0.15, 0.2) is 215 Å². The Labute approximate surface area is 440 Å². The number of rotatable bonds is 8. The monoisotopic (exact) mass is 1000 g/mol. The van der Waals surface area contributed by atoms with Crippen molar-refractivity contribution in [3.8, 4) is 11.1 Å². The third kappa shape index (κ3) is 6.59.